The van der Waals surface area contributed by atoms with Gasteiger partial charge >= 0.3 is 10.4 Å². The van der Waals surface area contributed by atoms with E-state index in [0.717, 1.165) is 23.9 Å². The van der Waals surface area contributed by atoms with Gasteiger partial charge in [0.1, 0.15) is 6.04 Å². The van der Waals surface area contributed by atoms with Crippen molar-refractivity contribution in [3.63, 3.8) is 0 Å². The van der Waals surface area contributed by atoms with E-state index in [2.05, 4.69) is 21.6 Å². The minimum atomic E-state index is -3.64. The topological polar surface area (TPSA) is 98.3 Å². The number of aromatic amines is 1. The Bertz CT molecular complexity index is 1080. The Morgan fingerprint density at radius 1 is 1.29 bits per heavy atom. The first-order valence-electron chi connectivity index (χ1n) is 10.7. The van der Waals surface area contributed by atoms with Crippen LogP contribution in [0.5, 0.6) is 0 Å². The second-order valence-corrected chi connectivity index (χ2v) is 10.0. The molecule has 164 valence electrons. The molecule has 8 heteroatoms. The van der Waals surface area contributed by atoms with Crippen LogP contribution in [0.3, 0.4) is 0 Å². The molecule has 2 atom stereocenters. The van der Waals surface area contributed by atoms with E-state index in [9.17, 15) is 13.6 Å². The standard InChI is InChI=1S/C23H28N4O3S/c1-17-10-14-27(15-11-17)23(28)21(8-7-18-4-3-12-24-16-18)26-31(29,30)22-6-2-5-20-19(22)9-13-25-20/h2-6,9,12-13,16-17,21H,7-8,10-11,14-15H2,1H3,(H2-,25,26,29,30)/p+1. The van der Waals surface area contributed by atoms with Crippen LogP contribution in [0.2, 0.25) is 0 Å². The SMILES string of the molecule is CC1CCN(C(=O)C(CCc2cccnc2)N[S+](=O)(O)c2cccc3[nH]ccc23)CC1. The Labute approximate surface area is 183 Å². The first-order chi connectivity index (χ1) is 14.9. The average molecular weight is 442 g/mol. The Balaban J connectivity index is 1.57. The van der Waals surface area contributed by atoms with Crippen LogP contribution >= 0.6 is 0 Å². The number of nitrogens with one attached hydrogen (secondary N) is 2. The normalized spacial score (nSPS) is 18.1. The highest BCUT2D eigenvalue weighted by molar-refractivity contribution is 7.96. The molecule has 3 aromatic rings. The van der Waals surface area contributed by atoms with E-state index >= 15 is 0 Å². The van der Waals surface area contributed by atoms with E-state index < -0.39 is 16.4 Å². The number of carbonyl (C=O) groups is 1. The molecule has 31 heavy (non-hydrogen) atoms. The first kappa shape index (κ1) is 21.7. The highest BCUT2D eigenvalue weighted by Crippen LogP contribution is 2.26. The Morgan fingerprint density at radius 2 is 2.10 bits per heavy atom. The summed E-state index contributed by atoms with van der Waals surface area (Å²) in [4.78, 5) is 22.7. The maximum atomic E-state index is 13.4. The lowest BCUT2D eigenvalue weighted by molar-refractivity contribution is -0.134. The smallest absolute Gasteiger partial charge is 0.324 e. The molecule has 3 heterocycles. The summed E-state index contributed by atoms with van der Waals surface area (Å²) in [5, 5.41) is 0.674. The number of likely N-dealkylation sites (tertiary alicyclic amines) is 1. The van der Waals surface area contributed by atoms with Gasteiger partial charge in [-0.05, 0) is 65.6 Å². The van der Waals surface area contributed by atoms with Crippen molar-refractivity contribution in [2.24, 2.45) is 5.92 Å². The number of carbonyl (C=O) groups excluding carboxylic acids is 1. The van der Waals surface area contributed by atoms with Crippen LogP contribution in [0.4, 0.5) is 0 Å². The van der Waals surface area contributed by atoms with Gasteiger partial charge in [-0.15, -0.1) is 0 Å². The Hall–Kier alpha value is -2.55. The zero-order chi connectivity index (χ0) is 21.8. The van der Waals surface area contributed by atoms with Gasteiger partial charge in [0.25, 0.3) is 0 Å². The predicted octanol–water partition coefficient (Wildman–Crippen LogP) is 3.66. The second-order valence-electron chi connectivity index (χ2n) is 8.30. The largest absolute Gasteiger partial charge is 0.361 e. The summed E-state index contributed by atoms with van der Waals surface area (Å²) in [6.07, 6.45) is 8.13. The molecule has 1 aliphatic rings. The van der Waals surface area contributed by atoms with Crippen molar-refractivity contribution in [3.8, 4) is 0 Å². The fourth-order valence-electron chi connectivity index (χ4n) is 4.09. The number of nitrogens with zero attached hydrogens (tertiary/aromatic N) is 2. The maximum absolute atomic E-state index is 13.4. The van der Waals surface area contributed by atoms with E-state index in [-0.39, 0.29) is 10.8 Å². The second kappa shape index (κ2) is 9.30. The minimum Gasteiger partial charge on any atom is -0.361 e. The molecule has 0 bridgehead atoms. The number of fused-ring (bicyclic) bond motifs is 1. The average Bonchev–Trinajstić information content (AvgIpc) is 3.26. The fourth-order valence-corrected chi connectivity index (χ4v) is 5.56. The van der Waals surface area contributed by atoms with Crippen molar-refractivity contribution >= 4 is 27.2 Å². The third-order valence-corrected chi connectivity index (χ3v) is 7.55. The summed E-state index contributed by atoms with van der Waals surface area (Å²) in [7, 11) is -3.64. The third-order valence-electron chi connectivity index (χ3n) is 5.99. The number of piperidine rings is 1. The third kappa shape index (κ3) is 5.03. The molecule has 3 N–H and O–H groups in total. The van der Waals surface area contributed by atoms with Crippen LogP contribution in [0, 0.1) is 5.92 Å². The summed E-state index contributed by atoms with van der Waals surface area (Å²) in [6, 6.07) is 10.1. The number of hydrogen-bond acceptors (Lipinski definition) is 3. The number of amides is 1. The van der Waals surface area contributed by atoms with Crippen LogP contribution in [0.15, 0.2) is 59.9 Å². The lowest BCUT2D eigenvalue weighted by Gasteiger charge is -2.32. The number of benzene rings is 1. The number of hydrogen-bond donors (Lipinski definition) is 3. The van der Waals surface area contributed by atoms with Gasteiger partial charge < -0.3 is 9.88 Å². The summed E-state index contributed by atoms with van der Waals surface area (Å²) in [5.41, 5.74) is 1.77. The number of aromatic nitrogens is 2. The van der Waals surface area contributed by atoms with Crippen molar-refractivity contribution in [1.82, 2.24) is 19.6 Å². The van der Waals surface area contributed by atoms with Gasteiger partial charge in [-0.25, -0.2) is 0 Å². The quantitative estimate of drug-likeness (QED) is 0.487. The predicted molar refractivity (Wildman–Crippen MR) is 122 cm³/mol. The number of aryl methyl sites for hydroxylation is 1. The first-order valence-corrected chi connectivity index (χ1v) is 12.2. The Kier molecular flexibility index (Phi) is 6.50. The summed E-state index contributed by atoms with van der Waals surface area (Å²) in [6.45, 7) is 3.56. The molecule has 2 unspecified atom stereocenters. The van der Waals surface area contributed by atoms with E-state index in [4.69, 9.17) is 0 Å². The van der Waals surface area contributed by atoms with Crippen LogP contribution in [-0.2, 0) is 25.8 Å². The lowest BCUT2D eigenvalue weighted by atomic mass is 9.98. The van der Waals surface area contributed by atoms with Gasteiger partial charge in [-0.2, -0.15) is 4.55 Å². The van der Waals surface area contributed by atoms with E-state index in [1.54, 1.807) is 36.8 Å². The molecular formula is C23H29N4O3S+. The summed E-state index contributed by atoms with van der Waals surface area (Å²) >= 11 is 0. The van der Waals surface area contributed by atoms with Crippen molar-refractivity contribution in [2.75, 3.05) is 13.1 Å². The molecule has 1 fully saturated rings. The van der Waals surface area contributed by atoms with Crippen LogP contribution in [-0.4, -0.2) is 44.5 Å². The van der Waals surface area contributed by atoms with E-state index in [1.165, 1.54) is 0 Å². The highest BCUT2D eigenvalue weighted by Gasteiger charge is 2.39. The Morgan fingerprint density at radius 3 is 2.84 bits per heavy atom. The molecule has 1 aliphatic heterocycles. The number of H-pyrrole nitrogens is 1. The van der Waals surface area contributed by atoms with Gasteiger partial charge in [-0.1, -0.05) is 23.8 Å². The van der Waals surface area contributed by atoms with Gasteiger partial charge in [0, 0.05) is 31.7 Å². The highest BCUT2D eigenvalue weighted by atomic mass is 32.3. The molecule has 7 nitrogen and oxygen atoms in total. The molecule has 4 rings (SSSR count). The van der Waals surface area contributed by atoms with Crippen molar-refractivity contribution in [2.45, 2.75) is 43.5 Å². The van der Waals surface area contributed by atoms with Crippen LogP contribution in [0.1, 0.15) is 31.7 Å². The lowest BCUT2D eigenvalue weighted by Crippen LogP contribution is -2.52. The van der Waals surface area contributed by atoms with E-state index in [0.29, 0.717) is 37.2 Å². The zero-order valence-electron chi connectivity index (χ0n) is 17.7. The van der Waals surface area contributed by atoms with Gasteiger partial charge in [0.05, 0.1) is 10.9 Å². The zero-order valence-corrected chi connectivity index (χ0v) is 18.5. The molecule has 1 saturated heterocycles. The molecule has 0 saturated carbocycles. The van der Waals surface area contributed by atoms with Crippen molar-refractivity contribution in [1.29, 1.82) is 0 Å². The summed E-state index contributed by atoms with van der Waals surface area (Å²) < 4.78 is 27.2. The maximum Gasteiger partial charge on any atom is 0.324 e. The number of pyridine rings is 1. The molecular weight excluding hydrogens is 412 g/mol. The summed E-state index contributed by atoms with van der Waals surface area (Å²) in [5.74, 6) is 0.484. The number of rotatable bonds is 7. The minimum absolute atomic E-state index is 0.112. The molecule has 0 radical (unpaired) electrons. The van der Waals surface area contributed by atoms with Gasteiger partial charge in [-0.3, -0.25) is 9.78 Å². The molecule has 0 spiro atoms. The van der Waals surface area contributed by atoms with Crippen molar-refractivity contribution in [3.05, 3.63) is 60.6 Å². The van der Waals surface area contributed by atoms with Crippen LogP contribution in [0.25, 0.3) is 10.9 Å². The van der Waals surface area contributed by atoms with E-state index in [1.807, 2.05) is 23.1 Å². The molecule has 0 aliphatic carbocycles. The van der Waals surface area contributed by atoms with Crippen molar-refractivity contribution < 1.29 is 13.6 Å². The monoisotopic (exact) mass is 441 g/mol. The molecule has 1 amide bonds. The molecule has 2 aromatic heterocycles. The van der Waals surface area contributed by atoms with Crippen LogP contribution < -0.4 is 4.72 Å². The fraction of sp³-hybridized carbons (Fsp3) is 0.391. The van der Waals surface area contributed by atoms with Gasteiger partial charge in [0.15, 0.2) is 0 Å². The van der Waals surface area contributed by atoms with Gasteiger partial charge in [0.2, 0.25) is 10.8 Å². The molecule has 1 aromatic carbocycles.